The van der Waals surface area contributed by atoms with Crippen molar-refractivity contribution in [3.05, 3.63) is 12.7 Å². The Balaban J connectivity index is 3.98. The van der Waals surface area contributed by atoms with Crippen LogP contribution in [0.25, 0.3) is 0 Å². The Hall–Kier alpha value is -0.830. The average molecular weight is 141 g/mol. The molecule has 0 saturated carbocycles. The normalized spacial score (nSPS) is 14.6. The van der Waals surface area contributed by atoms with E-state index in [2.05, 4.69) is 11.7 Å². The van der Waals surface area contributed by atoms with E-state index in [-0.39, 0.29) is 6.17 Å². The predicted octanol–water partition coefficient (Wildman–Crippen LogP) is 0.785. The SMILES string of the molecule is C=C/C(C)=N\N(C)C(C)N. The van der Waals surface area contributed by atoms with Gasteiger partial charge in [0, 0.05) is 7.05 Å². The number of hydrazone groups is 1. The van der Waals surface area contributed by atoms with E-state index >= 15 is 0 Å². The highest BCUT2D eigenvalue weighted by atomic mass is 15.5. The van der Waals surface area contributed by atoms with Gasteiger partial charge in [0.1, 0.15) is 0 Å². The molecule has 0 rings (SSSR count). The van der Waals surface area contributed by atoms with Crippen LogP contribution in [0.1, 0.15) is 13.8 Å². The Labute approximate surface area is 62.2 Å². The highest BCUT2D eigenvalue weighted by Gasteiger charge is 1.97. The standard InChI is InChI=1S/C7H15N3/c1-5-6(2)9-10(4)7(3)8/h5,7H,1,8H2,2-4H3/b9-6-. The van der Waals surface area contributed by atoms with Gasteiger partial charge in [0.05, 0.1) is 11.9 Å². The van der Waals surface area contributed by atoms with Gasteiger partial charge in [0.15, 0.2) is 0 Å². The first-order valence-corrected chi connectivity index (χ1v) is 3.24. The first kappa shape index (κ1) is 9.17. The third-order valence-corrected chi connectivity index (χ3v) is 1.20. The van der Waals surface area contributed by atoms with E-state index in [9.17, 15) is 0 Å². The number of hydrogen-bond acceptors (Lipinski definition) is 3. The Bertz CT molecular complexity index is 138. The maximum absolute atomic E-state index is 5.52. The predicted molar refractivity (Wildman–Crippen MR) is 44.7 cm³/mol. The van der Waals surface area contributed by atoms with Crippen LogP contribution in [0.2, 0.25) is 0 Å². The molecule has 0 aromatic rings. The minimum absolute atomic E-state index is 0.0464. The highest BCUT2D eigenvalue weighted by molar-refractivity contribution is 5.91. The molecule has 0 aliphatic heterocycles. The molecule has 58 valence electrons. The van der Waals surface area contributed by atoms with E-state index in [4.69, 9.17) is 5.73 Å². The minimum atomic E-state index is -0.0464. The molecule has 10 heavy (non-hydrogen) atoms. The van der Waals surface area contributed by atoms with Crippen LogP contribution < -0.4 is 5.73 Å². The number of allylic oxidation sites excluding steroid dienone is 1. The summed E-state index contributed by atoms with van der Waals surface area (Å²) in [5, 5.41) is 5.79. The topological polar surface area (TPSA) is 41.6 Å². The molecule has 3 nitrogen and oxygen atoms in total. The fourth-order valence-corrected chi connectivity index (χ4v) is 0.381. The van der Waals surface area contributed by atoms with Gasteiger partial charge < -0.3 is 5.73 Å². The molecule has 0 saturated heterocycles. The molecule has 0 fully saturated rings. The third-order valence-electron chi connectivity index (χ3n) is 1.20. The molecule has 0 heterocycles. The smallest absolute Gasteiger partial charge is 0.0907 e. The van der Waals surface area contributed by atoms with Crippen LogP contribution in [0, 0.1) is 0 Å². The zero-order valence-electron chi connectivity index (χ0n) is 6.83. The molecule has 1 unspecified atom stereocenters. The number of hydrogen-bond donors (Lipinski definition) is 1. The van der Waals surface area contributed by atoms with Gasteiger partial charge in [-0.3, -0.25) is 5.01 Å². The second-order valence-corrected chi connectivity index (χ2v) is 2.26. The fraction of sp³-hybridized carbons (Fsp3) is 0.571. The van der Waals surface area contributed by atoms with Gasteiger partial charge in [0.2, 0.25) is 0 Å². The zero-order valence-corrected chi connectivity index (χ0v) is 6.83. The molecule has 3 heteroatoms. The lowest BCUT2D eigenvalue weighted by Gasteiger charge is -2.17. The second kappa shape index (κ2) is 4.06. The second-order valence-electron chi connectivity index (χ2n) is 2.26. The van der Waals surface area contributed by atoms with Gasteiger partial charge in [-0.15, -0.1) is 0 Å². The van der Waals surface area contributed by atoms with Crippen molar-refractivity contribution >= 4 is 5.71 Å². The van der Waals surface area contributed by atoms with Crippen LogP contribution in [-0.2, 0) is 0 Å². The molecule has 0 radical (unpaired) electrons. The lowest BCUT2D eigenvalue weighted by atomic mass is 10.4. The summed E-state index contributed by atoms with van der Waals surface area (Å²) in [6, 6.07) is 0. The largest absolute Gasteiger partial charge is 0.310 e. The van der Waals surface area contributed by atoms with E-state index in [1.807, 2.05) is 20.9 Å². The Morgan fingerprint density at radius 2 is 2.30 bits per heavy atom. The van der Waals surface area contributed by atoms with Crippen molar-refractivity contribution in [1.82, 2.24) is 5.01 Å². The van der Waals surface area contributed by atoms with Gasteiger partial charge in [-0.25, -0.2) is 0 Å². The van der Waals surface area contributed by atoms with Crippen molar-refractivity contribution < 1.29 is 0 Å². The summed E-state index contributed by atoms with van der Waals surface area (Å²) in [6.07, 6.45) is 1.65. The van der Waals surface area contributed by atoms with Crippen molar-refractivity contribution in [2.45, 2.75) is 20.0 Å². The maximum Gasteiger partial charge on any atom is 0.0907 e. The Morgan fingerprint density at radius 1 is 1.80 bits per heavy atom. The van der Waals surface area contributed by atoms with Crippen molar-refractivity contribution in [3.63, 3.8) is 0 Å². The number of nitrogens with two attached hydrogens (primary N) is 1. The molecule has 2 N–H and O–H groups in total. The molecule has 1 atom stereocenters. The summed E-state index contributed by atoms with van der Waals surface area (Å²) >= 11 is 0. The van der Waals surface area contributed by atoms with Gasteiger partial charge in [-0.1, -0.05) is 6.58 Å². The van der Waals surface area contributed by atoms with Gasteiger partial charge in [0.25, 0.3) is 0 Å². The molecular weight excluding hydrogens is 126 g/mol. The summed E-state index contributed by atoms with van der Waals surface area (Å²) in [5.74, 6) is 0. The Kier molecular flexibility index (Phi) is 3.72. The van der Waals surface area contributed by atoms with Gasteiger partial charge in [-0.05, 0) is 19.9 Å². The summed E-state index contributed by atoms with van der Waals surface area (Å²) in [5.41, 5.74) is 6.40. The Morgan fingerprint density at radius 3 is 2.60 bits per heavy atom. The highest BCUT2D eigenvalue weighted by Crippen LogP contribution is 1.89. The molecule has 0 aliphatic carbocycles. The summed E-state index contributed by atoms with van der Waals surface area (Å²) < 4.78 is 0. The molecule has 0 amide bonds. The summed E-state index contributed by atoms with van der Waals surface area (Å²) in [6.45, 7) is 7.33. The minimum Gasteiger partial charge on any atom is -0.310 e. The zero-order chi connectivity index (χ0) is 8.15. The number of rotatable bonds is 3. The van der Waals surface area contributed by atoms with Crippen LogP contribution in [0.5, 0.6) is 0 Å². The van der Waals surface area contributed by atoms with Gasteiger partial charge in [-0.2, -0.15) is 5.10 Å². The lowest BCUT2D eigenvalue weighted by molar-refractivity contribution is 0.277. The monoisotopic (exact) mass is 141 g/mol. The van der Waals surface area contributed by atoms with E-state index in [0.29, 0.717) is 0 Å². The summed E-state index contributed by atoms with van der Waals surface area (Å²) in [7, 11) is 1.83. The van der Waals surface area contributed by atoms with Crippen LogP contribution in [0.4, 0.5) is 0 Å². The van der Waals surface area contributed by atoms with Crippen molar-refractivity contribution in [3.8, 4) is 0 Å². The quantitative estimate of drug-likeness (QED) is 0.358. The van der Waals surface area contributed by atoms with E-state index in [1.165, 1.54) is 0 Å². The number of nitrogens with zero attached hydrogens (tertiary/aromatic N) is 2. The summed E-state index contributed by atoms with van der Waals surface area (Å²) in [4.78, 5) is 0. The molecular formula is C7H15N3. The van der Waals surface area contributed by atoms with Crippen LogP contribution in [-0.4, -0.2) is 23.9 Å². The van der Waals surface area contributed by atoms with E-state index < -0.39 is 0 Å². The van der Waals surface area contributed by atoms with Gasteiger partial charge >= 0.3 is 0 Å². The molecule has 0 spiro atoms. The average Bonchev–Trinajstić information content (AvgIpc) is 1.87. The maximum atomic E-state index is 5.52. The first-order chi connectivity index (χ1) is 4.57. The van der Waals surface area contributed by atoms with E-state index in [1.54, 1.807) is 11.1 Å². The van der Waals surface area contributed by atoms with Crippen molar-refractivity contribution in [2.24, 2.45) is 10.8 Å². The van der Waals surface area contributed by atoms with Crippen LogP contribution >= 0.6 is 0 Å². The van der Waals surface area contributed by atoms with Crippen molar-refractivity contribution in [2.75, 3.05) is 7.05 Å². The third kappa shape index (κ3) is 3.25. The molecule has 0 aromatic heterocycles. The molecule has 0 aliphatic rings. The van der Waals surface area contributed by atoms with Crippen LogP contribution in [0.15, 0.2) is 17.8 Å². The van der Waals surface area contributed by atoms with E-state index in [0.717, 1.165) is 5.71 Å². The molecule has 0 bridgehead atoms. The van der Waals surface area contributed by atoms with Crippen molar-refractivity contribution in [1.29, 1.82) is 0 Å². The fourth-order valence-electron chi connectivity index (χ4n) is 0.381. The lowest BCUT2D eigenvalue weighted by Crippen LogP contribution is -2.32. The van der Waals surface area contributed by atoms with Crippen LogP contribution in [0.3, 0.4) is 0 Å². The first-order valence-electron chi connectivity index (χ1n) is 3.24. The molecule has 0 aromatic carbocycles.